The summed E-state index contributed by atoms with van der Waals surface area (Å²) in [5, 5.41) is 12.4. The first-order valence-corrected chi connectivity index (χ1v) is 8.73. The molecule has 1 aliphatic carbocycles. The van der Waals surface area contributed by atoms with Gasteiger partial charge in [0.15, 0.2) is 5.82 Å². The Hall–Kier alpha value is -2.88. The lowest BCUT2D eigenvalue weighted by Crippen LogP contribution is -2.18. The van der Waals surface area contributed by atoms with Crippen molar-refractivity contribution in [2.75, 3.05) is 11.9 Å². The van der Waals surface area contributed by atoms with Crippen molar-refractivity contribution in [3.8, 4) is 5.75 Å². The predicted octanol–water partition coefficient (Wildman–Crippen LogP) is 2.99. The van der Waals surface area contributed by atoms with E-state index in [-0.39, 0.29) is 41.5 Å². The first kappa shape index (κ1) is 19.9. The van der Waals surface area contributed by atoms with Crippen LogP contribution in [0, 0.1) is 5.92 Å². The van der Waals surface area contributed by atoms with Crippen LogP contribution in [0.1, 0.15) is 24.8 Å². The number of ether oxygens (including phenoxy) is 1. The second kappa shape index (κ2) is 8.42. The van der Waals surface area contributed by atoms with Crippen molar-refractivity contribution in [2.24, 2.45) is 16.6 Å². The predicted molar refractivity (Wildman–Crippen MR) is 97.4 cm³/mol. The zero-order chi connectivity index (χ0) is 20.1. The van der Waals surface area contributed by atoms with E-state index in [0.29, 0.717) is 5.95 Å². The summed E-state index contributed by atoms with van der Waals surface area (Å²) in [6.07, 6.45) is -0.580. The van der Waals surface area contributed by atoms with Gasteiger partial charge in [-0.15, -0.1) is 13.2 Å². The van der Waals surface area contributed by atoms with Gasteiger partial charge in [0.2, 0.25) is 5.95 Å². The summed E-state index contributed by atoms with van der Waals surface area (Å²) < 4.78 is 41.0. The number of aromatic nitrogens is 2. The molecule has 1 saturated carbocycles. The zero-order valence-electron chi connectivity index (χ0n) is 14.9. The quantitative estimate of drug-likeness (QED) is 0.513. The summed E-state index contributed by atoms with van der Waals surface area (Å²) >= 11 is 0. The average molecular weight is 395 g/mol. The number of anilines is 1. The van der Waals surface area contributed by atoms with E-state index < -0.39 is 6.36 Å². The van der Waals surface area contributed by atoms with Crippen LogP contribution in [-0.4, -0.2) is 39.9 Å². The summed E-state index contributed by atoms with van der Waals surface area (Å²) in [4.78, 5) is 12.6. The maximum atomic E-state index is 12.4. The number of aliphatic hydroxyl groups is 1. The molecule has 2 unspecified atom stereocenters. The van der Waals surface area contributed by atoms with Gasteiger partial charge in [-0.3, -0.25) is 0 Å². The van der Waals surface area contributed by atoms with Crippen molar-refractivity contribution in [3.63, 3.8) is 0 Å². The van der Waals surface area contributed by atoms with Gasteiger partial charge in [-0.25, -0.2) is 9.98 Å². The van der Waals surface area contributed by atoms with Gasteiger partial charge >= 0.3 is 6.36 Å². The van der Waals surface area contributed by atoms with E-state index in [4.69, 9.17) is 5.73 Å². The lowest BCUT2D eigenvalue weighted by atomic mass is 10.1. The molecule has 1 fully saturated rings. The van der Waals surface area contributed by atoms with Gasteiger partial charge in [0, 0.05) is 30.5 Å². The minimum Gasteiger partial charge on any atom is -0.406 e. The van der Waals surface area contributed by atoms with Crippen molar-refractivity contribution < 1.29 is 23.0 Å². The maximum absolute atomic E-state index is 12.4. The Morgan fingerprint density at radius 3 is 2.86 bits per heavy atom. The van der Waals surface area contributed by atoms with Gasteiger partial charge in [-0.1, -0.05) is 12.1 Å². The van der Waals surface area contributed by atoms with Gasteiger partial charge in [0.25, 0.3) is 0 Å². The van der Waals surface area contributed by atoms with Crippen molar-refractivity contribution >= 4 is 17.6 Å². The van der Waals surface area contributed by atoms with Gasteiger partial charge < -0.3 is 20.9 Å². The molecule has 0 aliphatic heterocycles. The first-order valence-electron chi connectivity index (χ1n) is 8.73. The minimum absolute atomic E-state index is 0.00140. The van der Waals surface area contributed by atoms with Crippen LogP contribution >= 0.6 is 0 Å². The number of nitrogens with two attached hydrogens (primary N) is 1. The molecule has 1 aromatic heterocycles. The van der Waals surface area contributed by atoms with Crippen LogP contribution in [0.5, 0.6) is 5.75 Å². The normalized spacial score (nSPS) is 20.2. The number of rotatable bonds is 6. The molecule has 0 amide bonds. The van der Waals surface area contributed by atoms with E-state index >= 15 is 0 Å². The number of alkyl halides is 3. The Bertz CT molecular complexity index is 844. The van der Waals surface area contributed by atoms with E-state index in [0.717, 1.165) is 25.3 Å². The number of hydrogen-bond acceptors (Lipinski definition) is 6. The molecule has 0 radical (unpaired) electrons. The molecule has 2 atom stereocenters. The molecule has 28 heavy (non-hydrogen) atoms. The highest BCUT2D eigenvalue weighted by Gasteiger charge is 2.31. The van der Waals surface area contributed by atoms with Crippen LogP contribution in [0.2, 0.25) is 0 Å². The van der Waals surface area contributed by atoms with Crippen LogP contribution in [0.25, 0.3) is 0 Å². The largest absolute Gasteiger partial charge is 0.573 e. The molecular formula is C18H20F3N5O2. The SMILES string of the molecule is NC(=Nc1ccnc(NC2CCC(CO)C2)n1)c1cccc(OC(F)(F)F)c1. The Balaban J connectivity index is 1.72. The van der Waals surface area contributed by atoms with Crippen molar-refractivity contribution in [1.29, 1.82) is 0 Å². The molecule has 7 nitrogen and oxygen atoms in total. The fraction of sp³-hybridized carbons (Fsp3) is 0.389. The van der Waals surface area contributed by atoms with Crippen molar-refractivity contribution in [3.05, 3.63) is 42.1 Å². The molecule has 150 valence electrons. The van der Waals surface area contributed by atoms with Crippen LogP contribution in [0.15, 0.2) is 41.5 Å². The lowest BCUT2D eigenvalue weighted by molar-refractivity contribution is -0.274. The van der Waals surface area contributed by atoms with Gasteiger partial charge in [-0.05, 0) is 37.3 Å². The summed E-state index contributed by atoms with van der Waals surface area (Å²) in [7, 11) is 0. The molecular weight excluding hydrogens is 375 g/mol. The Morgan fingerprint density at radius 1 is 1.32 bits per heavy atom. The van der Waals surface area contributed by atoms with E-state index in [1.54, 1.807) is 6.07 Å². The van der Waals surface area contributed by atoms with E-state index in [1.807, 2.05) is 0 Å². The second-order valence-corrected chi connectivity index (χ2v) is 6.51. The lowest BCUT2D eigenvalue weighted by Gasteiger charge is -2.12. The van der Waals surface area contributed by atoms with Crippen LogP contribution in [0.4, 0.5) is 24.9 Å². The maximum Gasteiger partial charge on any atom is 0.573 e. The standard InChI is InChI=1S/C18H20F3N5O2/c19-18(20,21)28-14-3-1-2-12(9-14)16(22)25-15-6-7-23-17(26-15)24-13-5-4-11(8-13)10-27/h1-3,6-7,9,11,13,27H,4-5,8,10H2,(H3,22,23,24,25,26). The van der Waals surface area contributed by atoms with Gasteiger partial charge in [0.05, 0.1) is 0 Å². The molecule has 2 aromatic rings. The highest BCUT2D eigenvalue weighted by Crippen LogP contribution is 2.27. The number of amidine groups is 1. The molecule has 1 aliphatic rings. The third kappa shape index (κ3) is 5.56. The molecule has 4 N–H and O–H groups in total. The van der Waals surface area contributed by atoms with Crippen LogP contribution in [-0.2, 0) is 0 Å². The Kier molecular flexibility index (Phi) is 5.98. The Labute approximate surface area is 159 Å². The summed E-state index contributed by atoms with van der Waals surface area (Å²) in [6.45, 7) is 0.164. The monoisotopic (exact) mass is 395 g/mol. The Morgan fingerprint density at radius 2 is 2.14 bits per heavy atom. The smallest absolute Gasteiger partial charge is 0.406 e. The number of aliphatic imine (C=N–C) groups is 1. The number of aliphatic hydroxyl groups excluding tert-OH is 1. The second-order valence-electron chi connectivity index (χ2n) is 6.51. The third-order valence-electron chi connectivity index (χ3n) is 4.37. The van der Waals surface area contributed by atoms with Gasteiger partial charge in [-0.2, -0.15) is 4.98 Å². The van der Waals surface area contributed by atoms with Gasteiger partial charge in [0.1, 0.15) is 11.6 Å². The number of nitrogens with one attached hydrogen (secondary N) is 1. The molecule has 0 bridgehead atoms. The topological polar surface area (TPSA) is 106 Å². The van der Waals surface area contributed by atoms with Crippen LogP contribution < -0.4 is 15.8 Å². The average Bonchev–Trinajstić information content (AvgIpc) is 3.08. The van der Waals surface area contributed by atoms with Crippen molar-refractivity contribution in [2.45, 2.75) is 31.7 Å². The molecule has 10 heteroatoms. The summed E-state index contributed by atoms with van der Waals surface area (Å²) in [5.41, 5.74) is 6.19. The molecule has 0 spiro atoms. The molecule has 1 heterocycles. The highest BCUT2D eigenvalue weighted by molar-refractivity contribution is 5.99. The number of halogens is 3. The number of nitrogens with zero attached hydrogens (tertiary/aromatic N) is 3. The highest BCUT2D eigenvalue weighted by atomic mass is 19.4. The first-order chi connectivity index (χ1) is 13.3. The summed E-state index contributed by atoms with van der Waals surface area (Å²) in [5.74, 6) is 0.549. The van der Waals surface area contributed by atoms with E-state index in [9.17, 15) is 18.3 Å². The van der Waals surface area contributed by atoms with E-state index in [1.165, 1.54) is 24.4 Å². The number of benzene rings is 1. The summed E-state index contributed by atoms with van der Waals surface area (Å²) in [6, 6.07) is 6.96. The third-order valence-corrected chi connectivity index (χ3v) is 4.37. The van der Waals surface area contributed by atoms with Crippen molar-refractivity contribution in [1.82, 2.24) is 9.97 Å². The number of hydrogen-bond donors (Lipinski definition) is 3. The molecule has 1 aromatic carbocycles. The van der Waals surface area contributed by atoms with E-state index in [2.05, 4.69) is 25.0 Å². The van der Waals surface area contributed by atoms with Crippen LogP contribution in [0.3, 0.4) is 0 Å². The fourth-order valence-electron chi connectivity index (χ4n) is 3.08. The fourth-order valence-corrected chi connectivity index (χ4v) is 3.08. The zero-order valence-corrected chi connectivity index (χ0v) is 14.9. The minimum atomic E-state index is -4.78. The molecule has 3 rings (SSSR count). The molecule has 0 saturated heterocycles.